The number of hydrogen-bond donors (Lipinski definition) is 1. The standard InChI is InChI=1S/C21H16Br2N2O/c22-17(12-15-6-2-1-3-7-15)14-24-25-21(26)13-16-10-11-20(23)19-9-5-4-8-18(16)19/h1-12,14H,13H2,(H,25,26)/b17-12-,24-14-. The first-order valence-electron chi connectivity index (χ1n) is 8.04. The number of carbonyl (C=O) groups excluding carboxylic acids is 1. The number of allylic oxidation sites excluding steroid dienone is 1. The van der Waals surface area contributed by atoms with E-state index in [1.807, 2.05) is 72.8 Å². The van der Waals surface area contributed by atoms with Crippen molar-refractivity contribution in [1.82, 2.24) is 5.43 Å². The van der Waals surface area contributed by atoms with Crippen LogP contribution in [0.4, 0.5) is 0 Å². The molecule has 3 aromatic carbocycles. The van der Waals surface area contributed by atoms with Crippen LogP contribution in [0.2, 0.25) is 0 Å². The van der Waals surface area contributed by atoms with Gasteiger partial charge in [0.2, 0.25) is 5.91 Å². The number of nitrogens with one attached hydrogen (secondary N) is 1. The van der Waals surface area contributed by atoms with Crippen LogP contribution in [-0.4, -0.2) is 12.1 Å². The summed E-state index contributed by atoms with van der Waals surface area (Å²) in [6.45, 7) is 0. The van der Waals surface area contributed by atoms with E-state index < -0.39 is 0 Å². The molecule has 3 nitrogen and oxygen atoms in total. The topological polar surface area (TPSA) is 41.5 Å². The van der Waals surface area contributed by atoms with E-state index in [1.54, 1.807) is 6.21 Å². The number of carbonyl (C=O) groups is 1. The van der Waals surface area contributed by atoms with Crippen molar-refractivity contribution in [3.8, 4) is 0 Å². The second-order valence-electron chi connectivity index (χ2n) is 5.66. The van der Waals surface area contributed by atoms with Gasteiger partial charge in [0, 0.05) is 8.96 Å². The molecule has 1 N–H and O–H groups in total. The molecule has 0 aliphatic heterocycles. The molecule has 3 aromatic rings. The van der Waals surface area contributed by atoms with E-state index in [0.29, 0.717) is 0 Å². The van der Waals surface area contributed by atoms with Crippen LogP contribution in [0.15, 0.2) is 80.8 Å². The van der Waals surface area contributed by atoms with Gasteiger partial charge in [0.05, 0.1) is 12.6 Å². The van der Waals surface area contributed by atoms with Gasteiger partial charge >= 0.3 is 0 Å². The van der Waals surface area contributed by atoms with Crippen LogP contribution in [0.5, 0.6) is 0 Å². The van der Waals surface area contributed by atoms with E-state index in [4.69, 9.17) is 0 Å². The number of nitrogens with zero attached hydrogens (tertiary/aromatic N) is 1. The van der Waals surface area contributed by atoms with Gasteiger partial charge in [-0.3, -0.25) is 4.79 Å². The van der Waals surface area contributed by atoms with E-state index >= 15 is 0 Å². The Balaban J connectivity index is 1.65. The van der Waals surface area contributed by atoms with Gasteiger partial charge < -0.3 is 0 Å². The molecule has 3 rings (SSSR count). The quantitative estimate of drug-likeness (QED) is 0.377. The highest BCUT2D eigenvalue weighted by atomic mass is 79.9. The summed E-state index contributed by atoms with van der Waals surface area (Å²) in [6, 6.07) is 21.8. The van der Waals surface area contributed by atoms with Crippen molar-refractivity contribution in [2.45, 2.75) is 6.42 Å². The smallest absolute Gasteiger partial charge is 0.244 e. The molecule has 0 saturated heterocycles. The predicted octanol–water partition coefficient (Wildman–Crippen LogP) is 5.68. The lowest BCUT2D eigenvalue weighted by Gasteiger charge is -2.07. The highest BCUT2D eigenvalue weighted by Crippen LogP contribution is 2.27. The van der Waals surface area contributed by atoms with Gasteiger partial charge in [-0.25, -0.2) is 5.43 Å². The molecule has 5 heteroatoms. The first-order valence-corrected chi connectivity index (χ1v) is 9.62. The molecule has 0 bridgehead atoms. The molecule has 0 heterocycles. The molecule has 0 spiro atoms. The number of rotatable bonds is 5. The zero-order chi connectivity index (χ0) is 18.4. The minimum absolute atomic E-state index is 0.159. The molecule has 0 fully saturated rings. The largest absolute Gasteiger partial charge is 0.273 e. The lowest BCUT2D eigenvalue weighted by atomic mass is 10.0. The second-order valence-corrected chi connectivity index (χ2v) is 7.43. The summed E-state index contributed by atoms with van der Waals surface area (Å²) in [5, 5.41) is 6.17. The number of fused-ring (bicyclic) bond motifs is 1. The Hall–Kier alpha value is -2.24. The summed E-state index contributed by atoms with van der Waals surface area (Å²) in [6.07, 6.45) is 3.77. The molecule has 130 valence electrons. The molecule has 0 atom stereocenters. The van der Waals surface area contributed by atoms with Crippen molar-refractivity contribution < 1.29 is 4.79 Å². The summed E-state index contributed by atoms with van der Waals surface area (Å²) in [5.74, 6) is -0.159. The van der Waals surface area contributed by atoms with Gasteiger partial charge in [0.15, 0.2) is 0 Å². The Morgan fingerprint density at radius 2 is 1.65 bits per heavy atom. The Morgan fingerprint density at radius 3 is 2.42 bits per heavy atom. The molecule has 1 amide bonds. The summed E-state index contributed by atoms with van der Waals surface area (Å²) in [7, 11) is 0. The maximum Gasteiger partial charge on any atom is 0.244 e. The lowest BCUT2D eigenvalue weighted by Crippen LogP contribution is -2.19. The zero-order valence-corrected chi connectivity index (χ0v) is 17.0. The summed E-state index contributed by atoms with van der Waals surface area (Å²) in [5.41, 5.74) is 4.60. The molecular weight excluding hydrogens is 456 g/mol. The number of benzene rings is 3. The Kier molecular flexibility index (Phi) is 6.36. The Labute approximate surface area is 169 Å². The monoisotopic (exact) mass is 470 g/mol. The number of halogens is 2. The molecule has 0 saturated carbocycles. The number of hydrazone groups is 1. The third kappa shape index (κ3) is 4.90. The first-order chi connectivity index (χ1) is 12.6. The van der Waals surface area contributed by atoms with Crippen molar-refractivity contribution in [3.63, 3.8) is 0 Å². The van der Waals surface area contributed by atoms with Crippen molar-refractivity contribution >= 4 is 60.8 Å². The predicted molar refractivity (Wildman–Crippen MR) is 115 cm³/mol. The lowest BCUT2D eigenvalue weighted by molar-refractivity contribution is -0.120. The van der Waals surface area contributed by atoms with Gasteiger partial charge in [-0.1, -0.05) is 76.6 Å². The van der Waals surface area contributed by atoms with Crippen LogP contribution < -0.4 is 5.43 Å². The molecule has 0 radical (unpaired) electrons. The van der Waals surface area contributed by atoms with Gasteiger partial charge in [-0.2, -0.15) is 5.10 Å². The van der Waals surface area contributed by atoms with Crippen molar-refractivity contribution in [2.75, 3.05) is 0 Å². The highest BCUT2D eigenvalue weighted by molar-refractivity contribution is 9.12. The fraction of sp³-hybridized carbons (Fsp3) is 0.0476. The zero-order valence-electron chi connectivity index (χ0n) is 13.8. The fourth-order valence-electron chi connectivity index (χ4n) is 2.60. The van der Waals surface area contributed by atoms with Crippen molar-refractivity contribution in [2.24, 2.45) is 5.10 Å². The number of hydrogen-bond acceptors (Lipinski definition) is 2. The van der Waals surface area contributed by atoms with Crippen LogP contribution in [0.3, 0.4) is 0 Å². The van der Waals surface area contributed by atoms with Gasteiger partial charge in [0.25, 0.3) is 0 Å². The van der Waals surface area contributed by atoms with Gasteiger partial charge in [-0.05, 0) is 50.0 Å². The SMILES string of the molecule is O=C(Cc1ccc(Br)c2ccccc12)N/N=C\C(Br)=C\c1ccccc1. The fourth-order valence-corrected chi connectivity index (χ4v) is 3.45. The van der Waals surface area contributed by atoms with Crippen LogP contribution in [-0.2, 0) is 11.2 Å². The minimum atomic E-state index is -0.159. The Bertz CT molecular complexity index is 982. The molecule has 0 aromatic heterocycles. The van der Waals surface area contributed by atoms with Crippen LogP contribution in [0, 0.1) is 0 Å². The number of amides is 1. The Morgan fingerprint density at radius 1 is 0.962 bits per heavy atom. The average molecular weight is 472 g/mol. The highest BCUT2D eigenvalue weighted by Gasteiger charge is 2.08. The second kappa shape index (κ2) is 8.92. The van der Waals surface area contributed by atoms with E-state index in [2.05, 4.69) is 42.4 Å². The van der Waals surface area contributed by atoms with E-state index in [-0.39, 0.29) is 12.3 Å². The van der Waals surface area contributed by atoms with Crippen molar-refractivity contribution in [3.05, 3.63) is 86.8 Å². The van der Waals surface area contributed by atoms with Gasteiger partial charge in [0.1, 0.15) is 0 Å². The van der Waals surface area contributed by atoms with Crippen LogP contribution >= 0.6 is 31.9 Å². The molecule has 0 aliphatic carbocycles. The normalized spacial score (nSPS) is 11.8. The van der Waals surface area contributed by atoms with E-state index in [9.17, 15) is 4.79 Å². The molecule has 0 unspecified atom stereocenters. The molecular formula is C21H16Br2N2O. The summed E-state index contributed by atoms with van der Waals surface area (Å²) < 4.78 is 1.79. The first kappa shape index (κ1) is 18.5. The van der Waals surface area contributed by atoms with E-state index in [0.717, 1.165) is 30.9 Å². The van der Waals surface area contributed by atoms with Crippen LogP contribution in [0.1, 0.15) is 11.1 Å². The minimum Gasteiger partial charge on any atom is -0.273 e. The van der Waals surface area contributed by atoms with Crippen LogP contribution in [0.25, 0.3) is 16.8 Å². The van der Waals surface area contributed by atoms with E-state index in [1.165, 1.54) is 0 Å². The maximum absolute atomic E-state index is 12.2. The molecule has 26 heavy (non-hydrogen) atoms. The third-order valence-corrected chi connectivity index (χ3v) is 4.92. The maximum atomic E-state index is 12.2. The molecule has 0 aliphatic rings. The average Bonchev–Trinajstić information content (AvgIpc) is 2.65. The summed E-state index contributed by atoms with van der Waals surface area (Å²) in [4.78, 5) is 12.2. The van der Waals surface area contributed by atoms with Gasteiger partial charge in [-0.15, -0.1) is 0 Å². The van der Waals surface area contributed by atoms with Crippen molar-refractivity contribution in [1.29, 1.82) is 0 Å². The summed E-state index contributed by atoms with van der Waals surface area (Å²) >= 11 is 6.97. The third-order valence-electron chi connectivity index (χ3n) is 3.79.